The van der Waals surface area contributed by atoms with E-state index < -0.39 is 9.05 Å². The van der Waals surface area contributed by atoms with Crippen molar-refractivity contribution in [3.05, 3.63) is 23.8 Å². The summed E-state index contributed by atoms with van der Waals surface area (Å²) in [6, 6.07) is 4.25. The number of halogens is 1. The van der Waals surface area contributed by atoms with Gasteiger partial charge >= 0.3 is 0 Å². The van der Waals surface area contributed by atoms with Gasteiger partial charge in [0.1, 0.15) is 10.6 Å². The Balaban J connectivity index is 2.26. The maximum absolute atomic E-state index is 12.1. The van der Waals surface area contributed by atoms with Crippen LogP contribution in [0.4, 0.5) is 0 Å². The molecule has 1 aromatic rings. The van der Waals surface area contributed by atoms with Crippen LogP contribution in [0.1, 0.15) is 30.1 Å². The second-order valence-electron chi connectivity index (χ2n) is 4.90. The largest absolute Gasteiger partial charge is 0.495 e. The minimum atomic E-state index is -3.97. The number of hydrogen-bond donors (Lipinski definition) is 1. The Hall–Kier alpha value is -1.27. The summed E-state index contributed by atoms with van der Waals surface area (Å²) in [6.45, 7) is 1.94. The first-order chi connectivity index (χ1) is 9.32. The van der Waals surface area contributed by atoms with Crippen molar-refractivity contribution >= 4 is 25.6 Å². The summed E-state index contributed by atoms with van der Waals surface area (Å²) in [7, 11) is 2.72. The highest BCUT2D eigenvalue weighted by Gasteiger charge is 2.29. The molecule has 0 aromatic heterocycles. The van der Waals surface area contributed by atoms with Gasteiger partial charge in [-0.2, -0.15) is 0 Å². The van der Waals surface area contributed by atoms with E-state index in [-0.39, 0.29) is 28.2 Å². The maximum Gasteiger partial charge on any atom is 0.265 e. The molecular weight excluding hydrogens is 302 g/mol. The Labute approximate surface area is 122 Å². The molecule has 1 fully saturated rings. The molecule has 0 aliphatic heterocycles. The molecule has 1 saturated carbocycles. The van der Waals surface area contributed by atoms with Crippen LogP contribution in [0.3, 0.4) is 0 Å². The summed E-state index contributed by atoms with van der Waals surface area (Å²) in [4.78, 5) is 11.9. The van der Waals surface area contributed by atoms with Crippen molar-refractivity contribution in [2.75, 3.05) is 7.11 Å². The zero-order valence-corrected chi connectivity index (χ0v) is 12.8. The van der Waals surface area contributed by atoms with E-state index in [9.17, 15) is 13.2 Å². The fourth-order valence-electron chi connectivity index (χ4n) is 2.01. The Kier molecular flexibility index (Phi) is 4.25. The van der Waals surface area contributed by atoms with Crippen molar-refractivity contribution in [2.45, 2.75) is 30.7 Å². The second kappa shape index (κ2) is 5.61. The number of carbonyl (C=O) groups excluding carboxylic acids is 1. The second-order valence-corrected chi connectivity index (χ2v) is 7.44. The molecule has 0 saturated heterocycles. The highest BCUT2D eigenvalue weighted by Crippen LogP contribution is 2.32. The number of ether oxygens (including phenoxy) is 1. The summed E-state index contributed by atoms with van der Waals surface area (Å²) < 4.78 is 27.9. The Morgan fingerprint density at radius 3 is 2.60 bits per heavy atom. The van der Waals surface area contributed by atoms with Crippen LogP contribution in [0.2, 0.25) is 0 Å². The summed E-state index contributed by atoms with van der Waals surface area (Å²) in [5.74, 6) is 0.328. The normalized spacial score (nSPS) is 16.6. The first kappa shape index (κ1) is 15.1. The van der Waals surface area contributed by atoms with Crippen LogP contribution in [0.25, 0.3) is 0 Å². The van der Waals surface area contributed by atoms with Gasteiger partial charge in [0, 0.05) is 22.3 Å². The smallest absolute Gasteiger partial charge is 0.265 e. The third kappa shape index (κ3) is 3.43. The van der Waals surface area contributed by atoms with Crippen molar-refractivity contribution in [1.82, 2.24) is 5.32 Å². The SMILES string of the molecule is COc1ccc(C(=O)NC(C)C2CC2)cc1S(=O)(=O)Cl. The van der Waals surface area contributed by atoms with Crippen LogP contribution >= 0.6 is 10.7 Å². The lowest BCUT2D eigenvalue weighted by Gasteiger charge is -2.13. The molecular formula is C13H16ClNO4S. The third-order valence-corrected chi connectivity index (χ3v) is 4.72. The summed E-state index contributed by atoms with van der Waals surface area (Å²) in [6.07, 6.45) is 2.23. The van der Waals surface area contributed by atoms with E-state index in [1.165, 1.54) is 25.3 Å². The van der Waals surface area contributed by atoms with Gasteiger partial charge in [0.2, 0.25) is 0 Å². The van der Waals surface area contributed by atoms with Gasteiger partial charge in [0.25, 0.3) is 15.0 Å². The number of hydrogen-bond acceptors (Lipinski definition) is 4. The van der Waals surface area contributed by atoms with E-state index in [1.54, 1.807) is 0 Å². The molecule has 1 atom stereocenters. The highest BCUT2D eigenvalue weighted by atomic mass is 35.7. The van der Waals surface area contributed by atoms with Gasteiger partial charge in [-0.1, -0.05) is 0 Å². The van der Waals surface area contributed by atoms with Gasteiger partial charge in [-0.05, 0) is 43.9 Å². The van der Waals surface area contributed by atoms with Gasteiger partial charge in [-0.15, -0.1) is 0 Å². The average molecular weight is 318 g/mol. The lowest BCUT2D eigenvalue weighted by molar-refractivity contribution is 0.0935. The van der Waals surface area contributed by atoms with Crippen molar-refractivity contribution in [3.63, 3.8) is 0 Å². The van der Waals surface area contributed by atoms with Crippen molar-refractivity contribution in [2.24, 2.45) is 5.92 Å². The average Bonchev–Trinajstić information content (AvgIpc) is 3.21. The minimum absolute atomic E-state index is 0.0839. The van der Waals surface area contributed by atoms with Gasteiger partial charge in [-0.3, -0.25) is 4.79 Å². The van der Waals surface area contributed by atoms with Crippen LogP contribution in [0.15, 0.2) is 23.1 Å². The molecule has 110 valence electrons. The lowest BCUT2D eigenvalue weighted by Crippen LogP contribution is -2.34. The van der Waals surface area contributed by atoms with Crippen molar-refractivity contribution in [3.8, 4) is 5.75 Å². The topological polar surface area (TPSA) is 72.5 Å². The molecule has 1 aromatic carbocycles. The van der Waals surface area contributed by atoms with Crippen molar-refractivity contribution in [1.29, 1.82) is 0 Å². The zero-order valence-electron chi connectivity index (χ0n) is 11.2. The molecule has 1 aliphatic carbocycles. The molecule has 7 heteroatoms. The molecule has 0 spiro atoms. The van der Waals surface area contributed by atoms with Crippen LogP contribution in [-0.4, -0.2) is 27.5 Å². The van der Waals surface area contributed by atoms with Gasteiger partial charge in [0.15, 0.2) is 0 Å². The third-order valence-electron chi connectivity index (χ3n) is 3.38. The number of nitrogens with one attached hydrogen (secondary N) is 1. The van der Waals surface area contributed by atoms with E-state index >= 15 is 0 Å². The Morgan fingerprint density at radius 1 is 1.45 bits per heavy atom. The van der Waals surface area contributed by atoms with Crippen LogP contribution in [0, 0.1) is 5.92 Å². The fourth-order valence-corrected chi connectivity index (χ4v) is 3.03. The number of benzene rings is 1. The standard InChI is InChI=1S/C13H16ClNO4S/c1-8(9-3-4-9)15-13(16)10-5-6-11(19-2)12(7-10)20(14,17)18/h5-9H,3-4H2,1-2H3,(H,15,16). The number of carbonyl (C=O) groups is 1. The monoisotopic (exact) mass is 317 g/mol. The van der Waals surface area contributed by atoms with Crippen LogP contribution < -0.4 is 10.1 Å². The Morgan fingerprint density at radius 2 is 2.10 bits per heavy atom. The van der Waals surface area contributed by atoms with Gasteiger partial charge < -0.3 is 10.1 Å². The number of methoxy groups -OCH3 is 1. The molecule has 0 radical (unpaired) electrons. The maximum atomic E-state index is 12.1. The van der Waals surface area contributed by atoms with Crippen LogP contribution in [0.5, 0.6) is 5.75 Å². The van der Waals surface area contributed by atoms with Gasteiger partial charge in [-0.25, -0.2) is 8.42 Å². The Bertz CT molecular complexity index is 625. The summed E-state index contributed by atoms with van der Waals surface area (Å²) >= 11 is 0. The molecule has 5 nitrogen and oxygen atoms in total. The van der Waals surface area contributed by atoms with E-state index in [0.29, 0.717) is 5.92 Å². The van der Waals surface area contributed by atoms with Crippen LogP contribution in [-0.2, 0) is 9.05 Å². The van der Waals surface area contributed by atoms with E-state index in [0.717, 1.165) is 12.8 Å². The molecule has 1 aliphatic rings. The van der Waals surface area contributed by atoms with E-state index in [1.807, 2.05) is 6.92 Å². The predicted octanol–water partition coefficient (Wildman–Crippen LogP) is 2.15. The summed E-state index contributed by atoms with van der Waals surface area (Å²) in [5, 5.41) is 2.86. The number of amides is 1. The fraction of sp³-hybridized carbons (Fsp3) is 0.462. The molecule has 1 N–H and O–H groups in total. The molecule has 0 heterocycles. The first-order valence-corrected chi connectivity index (χ1v) is 8.57. The highest BCUT2D eigenvalue weighted by molar-refractivity contribution is 8.13. The molecule has 0 bridgehead atoms. The predicted molar refractivity (Wildman–Crippen MR) is 75.7 cm³/mol. The van der Waals surface area contributed by atoms with E-state index in [2.05, 4.69) is 5.32 Å². The first-order valence-electron chi connectivity index (χ1n) is 6.26. The lowest BCUT2D eigenvalue weighted by atomic mass is 10.1. The summed E-state index contributed by atoms with van der Waals surface area (Å²) in [5.41, 5.74) is 0.248. The van der Waals surface area contributed by atoms with Crippen molar-refractivity contribution < 1.29 is 17.9 Å². The van der Waals surface area contributed by atoms with E-state index in [4.69, 9.17) is 15.4 Å². The quantitative estimate of drug-likeness (QED) is 0.845. The molecule has 1 amide bonds. The molecule has 1 unspecified atom stereocenters. The molecule has 2 rings (SSSR count). The molecule has 20 heavy (non-hydrogen) atoms. The minimum Gasteiger partial charge on any atom is -0.495 e. The zero-order chi connectivity index (χ0) is 14.9. The number of rotatable bonds is 5. The van der Waals surface area contributed by atoms with Gasteiger partial charge in [0.05, 0.1) is 7.11 Å².